The Morgan fingerprint density at radius 3 is 1.09 bits per heavy atom. The Balaban J connectivity index is 1.27. The highest BCUT2D eigenvalue weighted by Gasteiger charge is 2.24. The largest absolute Gasteiger partial charge is 0.457 e. The van der Waals surface area contributed by atoms with Crippen LogP contribution >= 0.6 is 46.4 Å². The number of benzene rings is 5. The van der Waals surface area contributed by atoms with Crippen molar-refractivity contribution in [2.24, 2.45) is 0 Å². The molecule has 16 heteroatoms. The third-order valence-corrected chi connectivity index (χ3v) is 9.42. The quantitative estimate of drug-likeness (QED) is 0.0542. The monoisotopic (exact) mass is 838 g/mol. The molecule has 0 N–H and O–H groups in total. The van der Waals surface area contributed by atoms with E-state index >= 15 is 0 Å². The summed E-state index contributed by atoms with van der Waals surface area (Å²) in [5, 5.41) is 21.9. The lowest BCUT2D eigenvalue weighted by Gasteiger charge is -2.27. The van der Waals surface area contributed by atoms with E-state index in [2.05, 4.69) is 0 Å². The maximum Gasteiger partial charge on any atom is 0.269 e. The number of hydrogen-bond donors (Lipinski definition) is 0. The molecule has 12 nitrogen and oxygen atoms in total. The average molecular weight is 841 g/mol. The third-order valence-electron chi connectivity index (χ3n) is 8.67. The third kappa shape index (κ3) is 11.3. The van der Waals surface area contributed by atoms with E-state index in [4.69, 9.17) is 55.9 Å². The normalized spacial score (nSPS) is 11.0. The number of halogens is 4. The van der Waals surface area contributed by atoms with Gasteiger partial charge >= 0.3 is 0 Å². The Kier molecular flexibility index (Phi) is 14.1. The van der Waals surface area contributed by atoms with Gasteiger partial charge in [-0.25, -0.2) is 0 Å². The number of carbonyl (C=O) groups excluding carboxylic acids is 2. The molecule has 0 atom stereocenters. The lowest BCUT2D eigenvalue weighted by molar-refractivity contribution is -0.385. The molecule has 0 aliphatic heterocycles. The van der Waals surface area contributed by atoms with Crippen LogP contribution in [0.3, 0.4) is 0 Å². The molecule has 0 spiro atoms. The van der Waals surface area contributed by atoms with E-state index in [1.807, 2.05) is 26.0 Å². The molecule has 5 rings (SSSR count). The zero-order valence-corrected chi connectivity index (χ0v) is 33.0. The van der Waals surface area contributed by atoms with Crippen molar-refractivity contribution in [1.29, 1.82) is 0 Å². The predicted molar refractivity (Wildman–Crippen MR) is 215 cm³/mol. The van der Waals surface area contributed by atoms with Crippen LogP contribution in [0, 0.1) is 34.1 Å². The standard InChI is InChI=1S/C40H34Cl4N4O8/c1-25-19-30(24-46(40(50)38(43)44)22-28-5-13-34(14-6-28)56-36-17-9-32(10-18-36)48(53)54)26(2)20-29(25)23-45(39(49)37(41)42)21-27-3-11-33(12-4-27)55-35-15-7-31(8-16-35)47(51)52/h3-20,37-38H,21-24H2,1-2H3. The van der Waals surface area contributed by atoms with Crippen LogP contribution in [0.5, 0.6) is 23.0 Å². The van der Waals surface area contributed by atoms with E-state index in [0.29, 0.717) is 23.0 Å². The number of aryl methyl sites for hydroxylation is 2. The number of ether oxygens (including phenoxy) is 2. The number of nitro benzene ring substituents is 2. The molecule has 0 heterocycles. The molecule has 0 radical (unpaired) electrons. The van der Waals surface area contributed by atoms with Crippen molar-refractivity contribution in [2.45, 2.75) is 49.7 Å². The van der Waals surface area contributed by atoms with Crippen molar-refractivity contribution >= 4 is 69.6 Å². The van der Waals surface area contributed by atoms with E-state index < -0.39 is 31.3 Å². The second-order valence-corrected chi connectivity index (χ2v) is 14.9. The van der Waals surface area contributed by atoms with Gasteiger partial charge in [0.2, 0.25) is 0 Å². The molecule has 0 aliphatic rings. The van der Waals surface area contributed by atoms with Crippen LogP contribution in [0.25, 0.3) is 0 Å². The first-order chi connectivity index (χ1) is 26.7. The van der Waals surface area contributed by atoms with Crippen LogP contribution in [0.2, 0.25) is 0 Å². The molecule has 0 unspecified atom stereocenters. The topological polar surface area (TPSA) is 145 Å². The van der Waals surface area contributed by atoms with Gasteiger partial charge < -0.3 is 19.3 Å². The first-order valence-corrected chi connectivity index (χ1v) is 18.7. The molecule has 0 fully saturated rings. The fourth-order valence-electron chi connectivity index (χ4n) is 5.70. The number of amides is 2. The van der Waals surface area contributed by atoms with Crippen LogP contribution in [-0.4, -0.2) is 41.1 Å². The number of hydrogen-bond acceptors (Lipinski definition) is 8. The number of rotatable bonds is 16. The van der Waals surface area contributed by atoms with Crippen molar-refractivity contribution in [3.05, 3.63) is 163 Å². The minimum atomic E-state index is -1.29. The molecule has 0 saturated carbocycles. The van der Waals surface area contributed by atoms with Crippen molar-refractivity contribution < 1.29 is 28.9 Å². The molecular formula is C40H34Cl4N4O8. The first kappa shape index (κ1) is 41.8. The highest BCUT2D eigenvalue weighted by atomic mass is 35.5. The maximum absolute atomic E-state index is 13.2. The van der Waals surface area contributed by atoms with Crippen LogP contribution < -0.4 is 9.47 Å². The van der Waals surface area contributed by atoms with Crippen LogP contribution in [0.4, 0.5) is 11.4 Å². The Bertz CT molecular complexity index is 2030. The van der Waals surface area contributed by atoms with Gasteiger partial charge in [0.15, 0.2) is 9.67 Å². The summed E-state index contributed by atoms with van der Waals surface area (Å²) in [6.45, 7) is 4.60. The molecule has 0 bridgehead atoms. The first-order valence-electron chi connectivity index (χ1n) is 16.9. The molecule has 0 aromatic heterocycles. The lowest BCUT2D eigenvalue weighted by atomic mass is 9.98. The van der Waals surface area contributed by atoms with E-state index in [1.54, 1.807) is 58.3 Å². The summed E-state index contributed by atoms with van der Waals surface area (Å²) < 4.78 is 11.6. The van der Waals surface area contributed by atoms with E-state index in [0.717, 1.165) is 33.4 Å². The molecular weight excluding hydrogens is 806 g/mol. The van der Waals surface area contributed by atoms with Gasteiger partial charge in [-0.1, -0.05) is 82.8 Å². The fourth-order valence-corrected chi connectivity index (χ4v) is 6.25. The second-order valence-electron chi connectivity index (χ2n) is 12.7. The fraction of sp³-hybridized carbons (Fsp3) is 0.200. The molecule has 2 amide bonds. The number of non-ortho nitro benzene ring substituents is 2. The van der Waals surface area contributed by atoms with Gasteiger partial charge in [-0.2, -0.15) is 0 Å². The lowest BCUT2D eigenvalue weighted by Crippen LogP contribution is -2.35. The second kappa shape index (κ2) is 19.0. The molecule has 0 saturated heterocycles. The van der Waals surface area contributed by atoms with Gasteiger partial charge in [-0.15, -0.1) is 0 Å². The molecule has 56 heavy (non-hydrogen) atoms. The SMILES string of the molecule is Cc1cc(CN(Cc2ccc(Oc3ccc([N+](=O)[O-])cc3)cc2)C(=O)C(Cl)Cl)c(C)cc1CN(Cc1ccc(Oc2ccc([N+](=O)[O-])cc2)cc1)C(=O)C(Cl)Cl. The summed E-state index contributed by atoms with van der Waals surface area (Å²) in [5.41, 5.74) is 4.90. The van der Waals surface area contributed by atoms with E-state index in [1.165, 1.54) is 48.5 Å². The highest BCUT2D eigenvalue weighted by molar-refractivity contribution is 6.53. The number of carbonyl (C=O) groups is 2. The average Bonchev–Trinajstić information content (AvgIpc) is 3.17. The molecule has 5 aromatic rings. The summed E-state index contributed by atoms with van der Waals surface area (Å²) in [6, 6.07) is 29.5. The summed E-state index contributed by atoms with van der Waals surface area (Å²) in [4.78, 5) is 47.8. The molecule has 5 aromatic carbocycles. The number of nitro groups is 2. The Morgan fingerprint density at radius 1 is 0.536 bits per heavy atom. The highest BCUT2D eigenvalue weighted by Crippen LogP contribution is 2.28. The summed E-state index contributed by atoms with van der Waals surface area (Å²) in [5.74, 6) is 0.920. The van der Waals surface area contributed by atoms with Crippen LogP contribution in [0.15, 0.2) is 109 Å². The van der Waals surface area contributed by atoms with Crippen molar-refractivity contribution in [1.82, 2.24) is 9.80 Å². The van der Waals surface area contributed by atoms with Gasteiger partial charge in [-0.3, -0.25) is 29.8 Å². The van der Waals surface area contributed by atoms with Crippen molar-refractivity contribution in [2.75, 3.05) is 0 Å². The summed E-state index contributed by atoms with van der Waals surface area (Å²) in [6.07, 6.45) is 0. The van der Waals surface area contributed by atoms with Gasteiger partial charge in [0.05, 0.1) is 9.85 Å². The van der Waals surface area contributed by atoms with Gasteiger partial charge in [-0.05, 0) is 95.8 Å². The van der Waals surface area contributed by atoms with Gasteiger partial charge in [0.25, 0.3) is 23.2 Å². The minimum Gasteiger partial charge on any atom is -0.457 e. The van der Waals surface area contributed by atoms with E-state index in [9.17, 15) is 29.8 Å². The summed E-state index contributed by atoms with van der Waals surface area (Å²) in [7, 11) is 0. The van der Waals surface area contributed by atoms with E-state index in [-0.39, 0.29) is 37.6 Å². The zero-order valence-electron chi connectivity index (χ0n) is 29.9. The predicted octanol–water partition coefficient (Wildman–Crippen LogP) is 10.4. The zero-order chi connectivity index (χ0) is 40.5. The molecule has 290 valence electrons. The Hall–Kier alpha value is -5.40. The van der Waals surface area contributed by atoms with Crippen LogP contribution in [0.1, 0.15) is 33.4 Å². The van der Waals surface area contributed by atoms with Crippen molar-refractivity contribution in [3.8, 4) is 23.0 Å². The van der Waals surface area contributed by atoms with Gasteiger partial charge in [0.1, 0.15) is 23.0 Å². The molecule has 0 aliphatic carbocycles. The van der Waals surface area contributed by atoms with Crippen molar-refractivity contribution in [3.63, 3.8) is 0 Å². The van der Waals surface area contributed by atoms with Crippen LogP contribution in [-0.2, 0) is 35.8 Å². The Labute approximate surface area is 342 Å². The maximum atomic E-state index is 13.2. The van der Waals surface area contributed by atoms with Gasteiger partial charge in [0, 0.05) is 50.4 Å². The smallest absolute Gasteiger partial charge is 0.269 e. The minimum absolute atomic E-state index is 0.0442. The number of nitrogens with zero attached hydrogens (tertiary/aromatic N) is 4. The number of alkyl halides is 4. The summed E-state index contributed by atoms with van der Waals surface area (Å²) >= 11 is 24.2. The Morgan fingerprint density at radius 2 is 0.821 bits per heavy atom.